The van der Waals surface area contributed by atoms with E-state index in [9.17, 15) is 34.8 Å². The van der Waals surface area contributed by atoms with Crippen LogP contribution >= 0.6 is 0 Å². The first-order chi connectivity index (χ1) is 19.6. The van der Waals surface area contributed by atoms with Crippen molar-refractivity contribution < 1.29 is 39.5 Å². The van der Waals surface area contributed by atoms with E-state index < -0.39 is 59.8 Å². The highest BCUT2D eigenvalue weighted by atomic mass is 16.7. The minimum Gasteiger partial charge on any atom is -0.479 e. The number of fused-ring (bicyclic) bond motifs is 1. The molecule has 0 radical (unpaired) electrons. The topological polar surface area (TPSA) is 172 Å². The van der Waals surface area contributed by atoms with Crippen molar-refractivity contribution in [2.24, 2.45) is 0 Å². The van der Waals surface area contributed by atoms with Crippen LogP contribution in [0.15, 0.2) is 71.7 Å². The van der Waals surface area contributed by atoms with Gasteiger partial charge in [-0.25, -0.2) is 4.79 Å². The Morgan fingerprint density at radius 2 is 1.54 bits per heavy atom. The van der Waals surface area contributed by atoms with Crippen molar-refractivity contribution in [1.29, 1.82) is 0 Å². The summed E-state index contributed by atoms with van der Waals surface area (Å²) in [5.41, 5.74) is 0.877. The number of nitrogens with zero attached hydrogens (tertiary/aromatic N) is 3. The van der Waals surface area contributed by atoms with E-state index in [1.807, 2.05) is 74.5 Å². The zero-order valence-electron chi connectivity index (χ0n) is 22.3. The van der Waals surface area contributed by atoms with E-state index in [4.69, 9.17) is 9.47 Å². The van der Waals surface area contributed by atoms with Crippen LogP contribution in [-0.4, -0.2) is 90.3 Å². The molecular weight excluding hydrogens is 534 g/mol. The molecule has 216 valence electrons. The lowest BCUT2D eigenvalue weighted by Crippen LogP contribution is -2.61. The molecule has 41 heavy (non-hydrogen) atoms. The van der Waals surface area contributed by atoms with Gasteiger partial charge in [-0.15, -0.1) is 0 Å². The zero-order valence-corrected chi connectivity index (χ0v) is 22.3. The highest BCUT2D eigenvalue weighted by Crippen LogP contribution is 2.40. The van der Waals surface area contributed by atoms with Gasteiger partial charge in [0.2, 0.25) is 17.5 Å². The minimum atomic E-state index is -1.95. The normalized spacial score (nSPS) is 26.2. The minimum absolute atomic E-state index is 0.206. The van der Waals surface area contributed by atoms with Gasteiger partial charge in [-0.1, -0.05) is 60.7 Å². The number of aliphatic hydroxyl groups excluding tert-OH is 3. The number of amides is 1. The lowest BCUT2D eigenvalue weighted by molar-refractivity contribution is -0.271. The Kier molecular flexibility index (Phi) is 7.91. The smallest absolute Gasteiger partial charge is 0.335 e. The predicted octanol–water partition coefficient (Wildman–Crippen LogP) is 0.752. The van der Waals surface area contributed by atoms with Crippen LogP contribution in [0.1, 0.15) is 47.4 Å². The fourth-order valence-corrected chi connectivity index (χ4v) is 5.42. The van der Waals surface area contributed by atoms with Gasteiger partial charge in [0.15, 0.2) is 11.8 Å². The van der Waals surface area contributed by atoms with Crippen LogP contribution in [0.4, 0.5) is 0 Å². The molecule has 6 atom stereocenters. The Bertz CT molecular complexity index is 1420. The molecule has 1 fully saturated rings. The maximum Gasteiger partial charge on any atom is 0.335 e. The predicted molar refractivity (Wildman–Crippen MR) is 143 cm³/mol. The van der Waals surface area contributed by atoms with Crippen LogP contribution in [-0.2, 0) is 9.53 Å². The van der Waals surface area contributed by atoms with Gasteiger partial charge in [-0.05, 0) is 25.0 Å². The zero-order chi connectivity index (χ0) is 29.4. The molecule has 3 aromatic rings. The molecule has 4 N–H and O–H groups in total. The number of carbonyl (C=O) groups is 2. The van der Waals surface area contributed by atoms with E-state index in [-0.39, 0.29) is 24.2 Å². The summed E-state index contributed by atoms with van der Waals surface area (Å²) in [5.74, 6) is -2.99. The van der Waals surface area contributed by atoms with Gasteiger partial charge in [0.05, 0.1) is 12.2 Å². The first-order valence-electron chi connectivity index (χ1n) is 13.2. The number of aliphatic carboxylic acids is 1. The Morgan fingerprint density at radius 3 is 2.07 bits per heavy atom. The molecule has 0 saturated carbocycles. The molecule has 12 heteroatoms. The molecule has 5 rings (SSSR count). The number of aliphatic hydroxyl groups is 3. The number of hydrogen-bond acceptors (Lipinski definition) is 9. The average Bonchev–Trinajstić information content (AvgIpc) is 2.96. The summed E-state index contributed by atoms with van der Waals surface area (Å²) >= 11 is 0. The number of rotatable bonds is 7. The fraction of sp³-hybridized carbons (Fsp3) is 0.379. The number of carbonyl (C=O) groups excluding carboxylic acids is 1. The van der Waals surface area contributed by atoms with Gasteiger partial charge >= 0.3 is 5.97 Å². The Morgan fingerprint density at radius 1 is 0.951 bits per heavy atom. The van der Waals surface area contributed by atoms with Crippen LogP contribution in [0.3, 0.4) is 0 Å². The Balaban J connectivity index is 1.65. The van der Waals surface area contributed by atoms with Crippen molar-refractivity contribution >= 4 is 11.9 Å². The second kappa shape index (κ2) is 11.4. The number of hydrogen-bond donors (Lipinski definition) is 4. The molecule has 1 saturated heterocycles. The van der Waals surface area contributed by atoms with Crippen molar-refractivity contribution in [3.05, 3.63) is 93.9 Å². The van der Waals surface area contributed by atoms with E-state index in [0.29, 0.717) is 0 Å². The van der Waals surface area contributed by atoms with Crippen LogP contribution in [0.2, 0.25) is 0 Å². The molecule has 2 aromatic carbocycles. The molecule has 1 aromatic heterocycles. The van der Waals surface area contributed by atoms with Gasteiger partial charge in [-0.2, -0.15) is 5.10 Å². The first kappa shape index (κ1) is 28.4. The average molecular weight is 566 g/mol. The first-order valence-corrected chi connectivity index (χ1v) is 13.2. The van der Waals surface area contributed by atoms with E-state index in [1.54, 1.807) is 4.90 Å². The summed E-state index contributed by atoms with van der Waals surface area (Å²) in [4.78, 5) is 40.2. The number of ether oxygens (including phenoxy) is 2. The van der Waals surface area contributed by atoms with Crippen molar-refractivity contribution in [2.75, 3.05) is 6.54 Å². The van der Waals surface area contributed by atoms with Gasteiger partial charge in [0.1, 0.15) is 18.3 Å². The fourth-order valence-electron chi connectivity index (χ4n) is 5.42. The van der Waals surface area contributed by atoms with Crippen molar-refractivity contribution in [3.63, 3.8) is 0 Å². The highest BCUT2D eigenvalue weighted by Gasteiger charge is 2.49. The molecule has 0 bridgehead atoms. The molecule has 2 aliphatic rings. The van der Waals surface area contributed by atoms with Crippen LogP contribution in [0.25, 0.3) is 0 Å². The molecule has 2 aliphatic heterocycles. The number of aromatic nitrogens is 2. The maximum atomic E-state index is 13.8. The second-order valence-electron chi connectivity index (χ2n) is 10.4. The van der Waals surface area contributed by atoms with E-state index in [2.05, 4.69) is 5.10 Å². The van der Waals surface area contributed by atoms with Crippen LogP contribution in [0, 0.1) is 0 Å². The SMILES string of the molecule is CC(C)N1C[C@H](C(c2ccccc2)c2ccccc2)n2ncc(=O)c(OC3OC(C(=O)O)C(O)C(O)C3O)c2C1=O. The summed E-state index contributed by atoms with van der Waals surface area (Å²) in [6.07, 6.45) is -8.68. The number of benzene rings is 2. The Hall–Kier alpha value is -4.10. The van der Waals surface area contributed by atoms with Crippen LogP contribution in [0.5, 0.6) is 5.75 Å². The molecule has 0 spiro atoms. The Labute approximate surface area is 235 Å². The largest absolute Gasteiger partial charge is 0.479 e. The summed E-state index contributed by atoms with van der Waals surface area (Å²) < 4.78 is 12.4. The van der Waals surface area contributed by atoms with E-state index in [1.165, 1.54) is 4.68 Å². The van der Waals surface area contributed by atoms with Crippen molar-refractivity contribution in [1.82, 2.24) is 14.7 Å². The van der Waals surface area contributed by atoms with Gasteiger partial charge in [0.25, 0.3) is 5.91 Å². The number of carboxylic acids is 1. The molecule has 0 aliphatic carbocycles. The third-order valence-electron chi connectivity index (χ3n) is 7.50. The third-order valence-corrected chi connectivity index (χ3v) is 7.50. The number of carboxylic acid groups (broad SMARTS) is 1. The second-order valence-corrected chi connectivity index (χ2v) is 10.4. The summed E-state index contributed by atoms with van der Waals surface area (Å²) in [5, 5.41) is 44.6. The summed E-state index contributed by atoms with van der Waals surface area (Å²) in [7, 11) is 0. The van der Waals surface area contributed by atoms with E-state index in [0.717, 1.165) is 17.3 Å². The molecule has 5 unspecified atom stereocenters. The lowest BCUT2D eigenvalue weighted by Gasteiger charge is -2.42. The third kappa shape index (κ3) is 5.22. The van der Waals surface area contributed by atoms with Crippen molar-refractivity contribution in [2.45, 2.75) is 62.6 Å². The summed E-state index contributed by atoms with van der Waals surface area (Å²) in [6.45, 7) is 3.92. The van der Waals surface area contributed by atoms with Gasteiger partial charge in [0, 0.05) is 18.5 Å². The standard InChI is InChI=1S/C29H31N3O9/c1-15(2)31-14-18(20(16-9-5-3-6-10-16)17-11-7-4-8-12-17)32-21(27(31)37)25(19(33)13-30-32)40-29-24(36)22(34)23(35)26(41-29)28(38)39/h3-13,15,18,20,22-24,26,29,34-36H,14H2,1-2H3,(H,38,39)/t18-,22?,23?,24?,26?,29?/m1/s1. The summed E-state index contributed by atoms with van der Waals surface area (Å²) in [6, 6.07) is 18.5. The van der Waals surface area contributed by atoms with Crippen LogP contribution < -0.4 is 10.2 Å². The molecule has 3 heterocycles. The maximum absolute atomic E-state index is 13.8. The molecular formula is C29H31N3O9. The molecule has 1 amide bonds. The van der Waals surface area contributed by atoms with Gasteiger partial charge < -0.3 is 34.8 Å². The van der Waals surface area contributed by atoms with Gasteiger partial charge in [-0.3, -0.25) is 14.3 Å². The van der Waals surface area contributed by atoms with Crippen molar-refractivity contribution in [3.8, 4) is 5.75 Å². The molecule has 12 nitrogen and oxygen atoms in total. The quantitative estimate of drug-likeness (QED) is 0.320. The lowest BCUT2D eigenvalue weighted by atomic mass is 9.83. The monoisotopic (exact) mass is 565 g/mol. The van der Waals surface area contributed by atoms with E-state index >= 15 is 0 Å². The highest BCUT2D eigenvalue weighted by molar-refractivity contribution is 5.96.